The monoisotopic (exact) mass is 238 g/mol. The van der Waals surface area contributed by atoms with Crippen LogP contribution in [0.4, 0.5) is 0 Å². The fourth-order valence-corrected chi connectivity index (χ4v) is 2.09. The second-order valence-corrected chi connectivity index (χ2v) is 4.30. The fraction of sp³-hybridized carbons (Fsp3) is 0.538. The topological polar surface area (TPSA) is 47.9 Å². The molecule has 0 atom stereocenters. The maximum Gasteiger partial charge on any atom is 0.134 e. The third kappa shape index (κ3) is 2.10. The molecule has 0 amide bonds. The van der Waals surface area contributed by atoms with Crippen LogP contribution in [-0.4, -0.2) is 26.4 Å². The summed E-state index contributed by atoms with van der Waals surface area (Å²) in [5.74, 6) is 1.34. The Morgan fingerprint density at radius 3 is 2.35 bits per heavy atom. The second-order valence-electron chi connectivity index (χ2n) is 4.30. The van der Waals surface area contributed by atoms with E-state index in [0.29, 0.717) is 18.1 Å². The normalized spacial score (nSPS) is 16.7. The van der Waals surface area contributed by atoms with Crippen LogP contribution in [0.25, 0.3) is 0 Å². The van der Waals surface area contributed by atoms with Gasteiger partial charge in [-0.25, -0.2) is 0 Å². The summed E-state index contributed by atoms with van der Waals surface area (Å²) < 4.78 is 15.9. The fourth-order valence-electron chi connectivity index (χ4n) is 2.09. The Balaban J connectivity index is 2.54. The number of ether oxygens (including phenoxy) is 3. The molecule has 17 heavy (non-hydrogen) atoms. The number of rotatable bonds is 5. The van der Waals surface area contributed by atoms with E-state index in [1.807, 2.05) is 12.1 Å². The summed E-state index contributed by atoms with van der Waals surface area (Å²) in [5.41, 5.74) is 0.878. The van der Waals surface area contributed by atoms with Gasteiger partial charge in [0.25, 0.3) is 0 Å². The van der Waals surface area contributed by atoms with Crippen LogP contribution >= 0.6 is 0 Å². The molecule has 4 heteroatoms. The Kier molecular flexibility index (Phi) is 3.26. The van der Waals surface area contributed by atoms with Crippen LogP contribution in [0.5, 0.6) is 11.5 Å². The first kappa shape index (κ1) is 12.2. The van der Waals surface area contributed by atoms with Crippen LogP contribution in [0.3, 0.4) is 0 Å². The largest absolute Gasteiger partial charge is 0.496 e. The SMILES string of the molecule is COCc1ccc(OC)c(C2(O)CC2)c1OC. The molecule has 1 aliphatic carbocycles. The molecule has 1 fully saturated rings. The lowest BCUT2D eigenvalue weighted by Gasteiger charge is -2.20. The van der Waals surface area contributed by atoms with Gasteiger partial charge >= 0.3 is 0 Å². The van der Waals surface area contributed by atoms with Crippen LogP contribution in [-0.2, 0) is 16.9 Å². The Bertz CT molecular complexity index is 410. The lowest BCUT2D eigenvalue weighted by molar-refractivity contribution is 0.141. The van der Waals surface area contributed by atoms with E-state index < -0.39 is 5.60 Å². The molecule has 1 N–H and O–H groups in total. The molecule has 0 aromatic heterocycles. The molecule has 1 aliphatic rings. The summed E-state index contributed by atoms with van der Waals surface area (Å²) in [6.45, 7) is 0.455. The number of hydrogen-bond acceptors (Lipinski definition) is 4. The average molecular weight is 238 g/mol. The van der Waals surface area contributed by atoms with Gasteiger partial charge in [0.2, 0.25) is 0 Å². The zero-order valence-corrected chi connectivity index (χ0v) is 10.4. The Morgan fingerprint density at radius 1 is 1.18 bits per heavy atom. The van der Waals surface area contributed by atoms with Gasteiger partial charge in [0.1, 0.15) is 11.5 Å². The van der Waals surface area contributed by atoms with Crippen molar-refractivity contribution in [3.05, 3.63) is 23.3 Å². The van der Waals surface area contributed by atoms with E-state index >= 15 is 0 Å². The lowest BCUT2D eigenvalue weighted by atomic mass is 10.0. The second kappa shape index (κ2) is 4.55. The smallest absolute Gasteiger partial charge is 0.134 e. The van der Waals surface area contributed by atoms with Crippen LogP contribution in [0.15, 0.2) is 12.1 Å². The molecule has 0 unspecified atom stereocenters. The van der Waals surface area contributed by atoms with Crippen molar-refractivity contribution < 1.29 is 19.3 Å². The quantitative estimate of drug-likeness (QED) is 0.850. The highest BCUT2D eigenvalue weighted by molar-refractivity contribution is 5.54. The number of benzene rings is 1. The summed E-state index contributed by atoms with van der Waals surface area (Å²) in [6.07, 6.45) is 1.49. The van der Waals surface area contributed by atoms with Gasteiger partial charge in [-0.1, -0.05) is 0 Å². The molecular weight excluding hydrogens is 220 g/mol. The Labute approximate surface area is 101 Å². The minimum absolute atomic E-state index is 0.455. The third-order valence-corrected chi connectivity index (χ3v) is 3.11. The highest BCUT2D eigenvalue weighted by Gasteiger charge is 2.47. The summed E-state index contributed by atoms with van der Waals surface area (Å²) >= 11 is 0. The van der Waals surface area contributed by atoms with Crippen molar-refractivity contribution in [2.45, 2.75) is 25.0 Å². The van der Waals surface area contributed by atoms with E-state index in [9.17, 15) is 5.11 Å². The highest BCUT2D eigenvalue weighted by Crippen LogP contribution is 2.53. The van der Waals surface area contributed by atoms with Gasteiger partial charge in [0.05, 0.1) is 32.0 Å². The van der Waals surface area contributed by atoms with E-state index in [0.717, 1.165) is 24.0 Å². The summed E-state index contributed by atoms with van der Waals surface area (Å²) in [5, 5.41) is 10.3. The van der Waals surface area contributed by atoms with E-state index in [1.54, 1.807) is 21.3 Å². The number of methoxy groups -OCH3 is 3. The molecule has 0 bridgehead atoms. The van der Waals surface area contributed by atoms with Crippen LogP contribution in [0.2, 0.25) is 0 Å². The van der Waals surface area contributed by atoms with Crippen LogP contribution in [0.1, 0.15) is 24.0 Å². The highest BCUT2D eigenvalue weighted by atomic mass is 16.5. The van der Waals surface area contributed by atoms with Crippen molar-refractivity contribution in [1.82, 2.24) is 0 Å². The predicted octanol–water partition coefficient (Wildman–Crippen LogP) is 1.83. The maximum absolute atomic E-state index is 10.3. The van der Waals surface area contributed by atoms with Crippen molar-refractivity contribution in [3.8, 4) is 11.5 Å². The molecule has 0 saturated heterocycles. The van der Waals surface area contributed by atoms with Gasteiger partial charge in [-0.2, -0.15) is 0 Å². The van der Waals surface area contributed by atoms with Gasteiger partial charge in [0, 0.05) is 12.7 Å². The standard InChI is InChI=1S/C13H18O4/c1-15-8-9-4-5-10(16-2)11(12(9)17-3)13(14)6-7-13/h4-5,14H,6-8H2,1-3H3. The molecule has 0 spiro atoms. The summed E-state index contributed by atoms with van der Waals surface area (Å²) in [7, 11) is 4.83. The average Bonchev–Trinajstić information content (AvgIpc) is 3.08. The minimum atomic E-state index is -0.791. The van der Waals surface area contributed by atoms with Gasteiger partial charge in [0.15, 0.2) is 0 Å². The van der Waals surface area contributed by atoms with Crippen molar-refractivity contribution in [3.63, 3.8) is 0 Å². The Morgan fingerprint density at radius 2 is 1.88 bits per heavy atom. The first-order valence-electron chi connectivity index (χ1n) is 5.62. The molecule has 4 nitrogen and oxygen atoms in total. The zero-order chi connectivity index (χ0) is 12.5. The van der Waals surface area contributed by atoms with Crippen molar-refractivity contribution in [1.29, 1.82) is 0 Å². The van der Waals surface area contributed by atoms with Crippen LogP contribution < -0.4 is 9.47 Å². The molecule has 0 radical (unpaired) electrons. The van der Waals surface area contributed by atoms with Gasteiger partial charge in [-0.3, -0.25) is 0 Å². The first-order chi connectivity index (χ1) is 8.16. The molecule has 1 saturated carbocycles. The van der Waals surface area contributed by atoms with Gasteiger partial charge in [-0.15, -0.1) is 0 Å². The molecule has 1 aromatic carbocycles. The molecular formula is C13H18O4. The van der Waals surface area contributed by atoms with E-state index in [-0.39, 0.29) is 0 Å². The van der Waals surface area contributed by atoms with E-state index in [1.165, 1.54) is 0 Å². The van der Waals surface area contributed by atoms with Crippen molar-refractivity contribution in [2.24, 2.45) is 0 Å². The van der Waals surface area contributed by atoms with E-state index in [2.05, 4.69) is 0 Å². The van der Waals surface area contributed by atoms with Crippen molar-refractivity contribution in [2.75, 3.05) is 21.3 Å². The molecule has 0 aliphatic heterocycles. The number of hydrogen-bond donors (Lipinski definition) is 1. The Hall–Kier alpha value is -1.26. The maximum atomic E-state index is 10.3. The van der Waals surface area contributed by atoms with E-state index in [4.69, 9.17) is 14.2 Å². The lowest BCUT2D eigenvalue weighted by Crippen LogP contribution is -2.11. The summed E-state index contributed by atoms with van der Waals surface area (Å²) in [4.78, 5) is 0. The van der Waals surface area contributed by atoms with Gasteiger partial charge < -0.3 is 19.3 Å². The molecule has 94 valence electrons. The minimum Gasteiger partial charge on any atom is -0.496 e. The molecule has 1 aromatic rings. The van der Waals surface area contributed by atoms with Crippen molar-refractivity contribution >= 4 is 0 Å². The third-order valence-electron chi connectivity index (χ3n) is 3.11. The number of aliphatic hydroxyl groups is 1. The zero-order valence-electron chi connectivity index (χ0n) is 10.4. The first-order valence-corrected chi connectivity index (χ1v) is 5.62. The summed E-state index contributed by atoms with van der Waals surface area (Å²) in [6, 6.07) is 3.75. The molecule has 0 heterocycles. The van der Waals surface area contributed by atoms with Gasteiger partial charge in [-0.05, 0) is 25.0 Å². The van der Waals surface area contributed by atoms with Crippen LogP contribution in [0, 0.1) is 0 Å². The predicted molar refractivity (Wildman–Crippen MR) is 63.4 cm³/mol. The molecule has 2 rings (SSSR count).